The molecule has 1 aromatic carbocycles. The molecule has 1 nitrogen and oxygen atoms in total. The van der Waals surface area contributed by atoms with E-state index in [0.717, 1.165) is 5.75 Å². The van der Waals surface area contributed by atoms with Crippen molar-refractivity contribution in [1.82, 2.24) is 0 Å². The standard InChI is InChI=1S/C14H20O/c1-11(14(2,3)4)10-12-6-8-13(15-5)9-7-12/h6-10H,1-5H3/b11-10+. The van der Waals surface area contributed by atoms with Crippen LogP contribution in [0.15, 0.2) is 29.8 Å². The second-order valence-electron chi connectivity index (χ2n) is 4.85. The van der Waals surface area contributed by atoms with Gasteiger partial charge in [0.1, 0.15) is 5.75 Å². The van der Waals surface area contributed by atoms with Crippen LogP contribution in [0.2, 0.25) is 0 Å². The van der Waals surface area contributed by atoms with Gasteiger partial charge in [0.2, 0.25) is 0 Å². The van der Waals surface area contributed by atoms with Crippen molar-refractivity contribution < 1.29 is 4.74 Å². The number of allylic oxidation sites excluding steroid dienone is 1. The van der Waals surface area contributed by atoms with E-state index in [1.165, 1.54) is 11.1 Å². The first-order valence-electron chi connectivity index (χ1n) is 5.26. The van der Waals surface area contributed by atoms with Gasteiger partial charge in [-0.05, 0) is 30.0 Å². The van der Waals surface area contributed by atoms with Crippen molar-refractivity contribution in [3.8, 4) is 5.75 Å². The molecule has 0 heterocycles. The molecule has 0 bridgehead atoms. The smallest absolute Gasteiger partial charge is 0.118 e. The van der Waals surface area contributed by atoms with Crippen molar-refractivity contribution in [2.45, 2.75) is 27.7 Å². The van der Waals surface area contributed by atoms with Crippen molar-refractivity contribution in [3.05, 3.63) is 35.4 Å². The van der Waals surface area contributed by atoms with Gasteiger partial charge in [0.15, 0.2) is 0 Å². The maximum atomic E-state index is 5.12. The highest BCUT2D eigenvalue weighted by molar-refractivity contribution is 5.54. The van der Waals surface area contributed by atoms with E-state index in [2.05, 4.69) is 45.9 Å². The SMILES string of the molecule is COc1ccc(/C=C(\C)C(C)(C)C)cc1. The molecule has 0 aromatic heterocycles. The highest BCUT2D eigenvalue weighted by atomic mass is 16.5. The van der Waals surface area contributed by atoms with Crippen molar-refractivity contribution >= 4 is 6.08 Å². The minimum Gasteiger partial charge on any atom is -0.497 e. The monoisotopic (exact) mass is 204 g/mol. The Morgan fingerprint density at radius 1 is 1.13 bits per heavy atom. The fourth-order valence-corrected chi connectivity index (χ4v) is 1.17. The lowest BCUT2D eigenvalue weighted by Crippen LogP contribution is -2.05. The summed E-state index contributed by atoms with van der Waals surface area (Å²) in [5.41, 5.74) is 2.84. The van der Waals surface area contributed by atoms with E-state index in [0.29, 0.717) is 0 Å². The van der Waals surface area contributed by atoms with Crippen LogP contribution in [-0.2, 0) is 0 Å². The van der Waals surface area contributed by atoms with Crippen LogP contribution in [0, 0.1) is 5.41 Å². The van der Waals surface area contributed by atoms with Crippen molar-refractivity contribution in [1.29, 1.82) is 0 Å². The first-order chi connectivity index (χ1) is 6.93. The maximum Gasteiger partial charge on any atom is 0.118 e. The number of methoxy groups -OCH3 is 1. The molecular formula is C14H20O. The summed E-state index contributed by atoms with van der Waals surface area (Å²) >= 11 is 0. The largest absolute Gasteiger partial charge is 0.497 e. The van der Waals surface area contributed by atoms with Crippen LogP contribution in [-0.4, -0.2) is 7.11 Å². The van der Waals surface area contributed by atoms with Crippen LogP contribution in [0.3, 0.4) is 0 Å². The molecule has 0 N–H and O–H groups in total. The zero-order chi connectivity index (χ0) is 11.5. The summed E-state index contributed by atoms with van der Waals surface area (Å²) in [6, 6.07) is 8.13. The van der Waals surface area contributed by atoms with Crippen LogP contribution in [0.4, 0.5) is 0 Å². The summed E-state index contributed by atoms with van der Waals surface area (Å²) in [6.07, 6.45) is 2.22. The Morgan fingerprint density at radius 2 is 1.67 bits per heavy atom. The number of benzene rings is 1. The molecule has 0 fully saturated rings. The number of ether oxygens (including phenoxy) is 1. The van der Waals surface area contributed by atoms with Gasteiger partial charge in [-0.2, -0.15) is 0 Å². The van der Waals surface area contributed by atoms with Crippen LogP contribution in [0.1, 0.15) is 33.3 Å². The fraction of sp³-hybridized carbons (Fsp3) is 0.429. The molecule has 0 aliphatic heterocycles. The third kappa shape index (κ3) is 3.43. The maximum absolute atomic E-state index is 5.12. The first-order valence-corrected chi connectivity index (χ1v) is 5.26. The lowest BCUT2D eigenvalue weighted by Gasteiger charge is -2.19. The number of hydrogen-bond donors (Lipinski definition) is 0. The number of rotatable bonds is 2. The minimum atomic E-state index is 0.236. The Balaban J connectivity index is 2.89. The normalized spacial score (nSPS) is 12.7. The molecule has 1 aromatic rings. The minimum absolute atomic E-state index is 0.236. The van der Waals surface area contributed by atoms with Crippen LogP contribution in [0.5, 0.6) is 5.75 Å². The van der Waals surface area contributed by atoms with E-state index in [1.807, 2.05) is 12.1 Å². The van der Waals surface area contributed by atoms with Crippen LogP contribution >= 0.6 is 0 Å². The van der Waals surface area contributed by atoms with Gasteiger partial charge in [-0.3, -0.25) is 0 Å². The van der Waals surface area contributed by atoms with Gasteiger partial charge in [-0.1, -0.05) is 44.6 Å². The summed E-state index contributed by atoms with van der Waals surface area (Å²) in [5.74, 6) is 0.903. The van der Waals surface area contributed by atoms with Gasteiger partial charge < -0.3 is 4.74 Å². The van der Waals surface area contributed by atoms with Crippen molar-refractivity contribution in [2.75, 3.05) is 7.11 Å². The molecule has 1 rings (SSSR count). The lowest BCUT2D eigenvalue weighted by atomic mass is 9.86. The molecule has 1 heteroatoms. The zero-order valence-electron chi connectivity index (χ0n) is 10.3. The predicted octanol–water partition coefficient (Wildman–Crippen LogP) is 4.14. The van der Waals surface area contributed by atoms with Gasteiger partial charge in [-0.15, -0.1) is 0 Å². The Labute approximate surface area is 92.8 Å². The van der Waals surface area contributed by atoms with E-state index in [-0.39, 0.29) is 5.41 Å². The topological polar surface area (TPSA) is 9.23 Å². The second-order valence-corrected chi connectivity index (χ2v) is 4.85. The molecule has 82 valence electrons. The van der Waals surface area contributed by atoms with E-state index < -0.39 is 0 Å². The summed E-state index contributed by atoms with van der Waals surface area (Å²) in [5, 5.41) is 0. The van der Waals surface area contributed by atoms with Gasteiger partial charge in [-0.25, -0.2) is 0 Å². The molecule has 0 spiro atoms. The first kappa shape index (κ1) is 11.8. The third-order valence-corrected chi connectivity index (χ3v) is 2.68. The lowest BCUT2D eigenvalue weighted by molar-refractivity contribution is 0.415. The molecule has 0 saturated carbocycles. The average molecular weight is 204 g/mol. The molecule has 0 radical (unpaired) electrons. The van der Waals surface area contributed by atoms with Crippen molar-refractivity contribution in [2.24, 2.45) is 5.41 Å². The second kappa shape index (κ2) is 4.52. The Morgan fingerprint density at radius 3 is 2.07 bits per heavy atom. The zero-order valence-corrected chi connectivity index (χ0v) is 10.3. The fourth-order valence-electron chi connectivity index (χ4n) is 1.17. The van der Waals surface area contributed by atoms with Gasteiger partial charge >= 0.3 is 0 Å². The Bertz CT molecular complexity index is 339. The molecule has 0 unspecified atom stereocenters. The molecule has 0 saturated heterocycles. The molecule has 0 aliphatic rings. The average Bonchev–Trinajstić information content (AvgIpc) is 2.17. The van der Waals surface area contributed by atoms with E-state index in [1.54, 1.807) is 7.11 Å². The quantitative estimate of drug-likeness (QED) is 0.703. The summed E-state index contributed by atoms with van der Waals surface area (Å²) in [4.78, 5) is 0. The van der Waals surface area contributed by atoms with E-state index >= 15 is 0 Å². The summed E-state index contributed by atoms with van der Waals surface area (Å²) < 4.78 is 5.12. The van der Waals surface area contributed by atoms with Crippen LogP contribution < -0.4 is 4.74 Å². The Hall–Kier alpha value is -1.24. The van der Waals surface area contributed by atoms with Crippen LogP contribution in [0.25, 0.3) is 6.08 Å². The van der Waals surface area contributed by atoms with Crippen molar-refractivity contribution in [3.63, 3.8) is 0 Å². The van der Waals surface area contributed by atoms with E-state index in [9.17, 15) is 0 Å². The third-order valence-electron chi connectivity index (χ3n) is 2.68. The highest BCUT2D eigenvalue weighted by Crippen LogP contribution is 2.26. The Kier molecular flexibility index (Phi) is 3.57. The molecular weight excluding hydrogens is 184 g/mol. The summed E-state index contributed by atoms with van der Waals surface area (Å²) in [7, 11) is 1.69. The number of hydrogen-bond acceptors (Lipinski definition) is 1. The van der Waals surface area contributed by atoms with E-state index in [4.69, 9.17) is 4.74 Å². The summed E-state index contributed by atoms with van der Waals surface area (Å²) in [6.45, 7) is 8.84. The highest BCUT2D eigenvalue weighted by Gasteiger charge is 2.11. The molecule has 0 atom stereocenters. The molecule has 0 amide bonds. The van der Waals surface area contributed by atoms with Gasteiger partial charge in [0, 0.05) is 0 Å². The molecule has 15 heavy (non-hydrogen) atoms. The van der Waals surface area contributed by atoms with Gasteiger partial charge in [0.05, 0.1) is 7.11 Å². The molecule has 0 aliphatic carbocycles. The predicted molar refractivity (Wildman–Crippen MR) is 66.1 cm³/mol. The van der Waals surface area contributed by atoms with Gasteiger partial charge in [0.25, 0.3) is 0 Å².